The third-order valence-electron chi connectivity index (χ3n) is 3.83. The summed E-state index contributed by atoms with van der Waals surface area (Å²) in [5.74, 6) is -1.09. The summed E-state index contributed by atoms with van der Waals surface area (Å²) in [6.45, 7) is 6.41. The summed E-state index contributed by atoms with van der Waals surface area (Å²) < 4.78 is 0. The van der Waals surface area contributed by atoms with Crippen LogP contribution in [0.2, 0.25) is 0 Å². The van der Waals surface area contributed by atoms with Gasteiger partial charge in [0.25, 0.3) is 0 Å². The predicted molar refractivity (Wildman–Crippen MR) is 88.0 cm³/mol. The number of aliphatic hydroxyl groups excluding tert-OH is 2. The normalized spacial score (nSPS) is 17.0. The Bertz CT molecular complexity index is 285. The highest BCUT2D eigenvalue weighted by Gasteiger charge is 2.24. The zero-order valence-electron chi connectivity index (χ0n) is 14.2. The van der Waals surface area contributed by atoms with Gasteiger partial charge in [-0.25, -0.2) is 0 Å². The van der Waals surface area contributed by atoms with Crippen LogP contribution in [0, 0.1) is 0 Å². The SMILES string of the molecule is CCCCCCCCNC(CNC(C(=O)O)C(C)O)C(C)O. The molecule has 0 aliphatic heterocycles. The van der Waals surface area contributed by atoms with Gasteiger partial charge in [0.2, 0.25) is 0 Å². The molecule has 132 valence electrons. The van der Waals surface area contributed by atoms with E-state index < -0.39 is 24.2 Å². The van der Waals surface area contributed by atoms with E-state index in [1.54, 1.807) is 6.92 Å². The second-order valence-corrected chi connectivity index (χ2v) is 6.03. The Morgan fingerprint density at radius 3 is 2.05 bits per heavy atom. The number of unbranched alkanes of at least 4 members (excludes halogenated alkanes) is 5. The third-order valence-corrected chi connectivity index (χ3v) is 3.83. The molecule has 0 heterocycles. The van der Waals surface area contributed by atoms with E-state index in [9.17, 15) is 15.0 Å². The van der Waals surface area contributed by atoms with Gasteiger partial charge in [0, 0.05) is 12.6 Å². The van der Waals surface area contributed by atoms with Gasteiger partial charge >= 0.3 is 5.97 Å². The fourth-order valence-corrected chi connectivity index (χ4v) is 2.32. The van der Waals surface area contributed by atoms with Crippen molar-refractivity contribution in [2.75, 3.05) is 13.1 Å². The number of rotatable bonds is 14. The van der Waals surface area contributed by atoms with Gasteiger partial charge in [-0.2, -0.15) is 0 Å². The zero-order chi connectivity index (χ0) is 17.0. The molecular formula is C16H34N2O4. The lowest BCUT2D eigenvalue weighted by atomic mass is 10.1. The van der Waals surface area contributed by atoms with E-state index in [-0.39, 0.29) is 6.04 Å². The predicted octanol–water partition coefficient (Wildman–Crippen LogP) is 1.11. The largest absolute Gasteiger partial charge is 0.480 e. The van der Waals surface area contributed by atoms with E-state index in [0.29, 0.717) is 6.54 Å². The van der Waals surface area contributed by atoms with E-state index in [0.717, 1.165) is 13.0 Å². The first-order valence-corrected chi connectivity index (χ1v) is 8.45. The Morgan fingerprint density at radius 1 is 0.955 bits per heavy atom. The molecule has 0 aromatic carbocycles. The number of aliphatic hydroxyl groups is 2. The van der Waals surface area contributed by atoms with Gasteiger partial charge in [-0.1, -0.05) is 39.0 Å². The lowest BCUT2D eigenvalue weighted by molar-refractivity contribution is -0.142. The smallest absolute Gasteiger partial charge is 0.323 e. The van der Waals surface area contributed by atoms with E-state index in [1.807, 2.05) is 0 Å². The molecule has 0 amide bonds. The van der Waals surface area contributed by atoms with Crippen LogP contribution in [0.3, 0.4) is 0 Å². The Balaban J connectivity index is 3.98. The van der Waals surface area contributed by atoms with E-state index >= 15 is 0 Å². The lowest BCUT2D eigenvalue weighted by Crippen LogP contribution is -2.53. The Labute approximate surface area is 134 Å². The van der Waals surface area contributed by atoms with Crippen LogP contribution in [-0.4, -0.2) is 58.7 Å². The zero-order valence-corrected chi connectivity index (χ0v) is 14.2. The molecule has 0 saturated carbocycles. The van der Waals surface area contributed by atoms with Gasteiger partial charge in [-0.05, 0) is 26.8 Å². The van der Waals surface area contributed by atoms with E-state index in [4.69, 9.17) is 5.11 Å². The maximum atomic E-state index is 11.0. The molecule has 0 aliphatic carbocycles. The summed E-state index contributed by atoms with van der Waals surface area (Å²) in [4.78, 5) is 11.0. The summed E-state index contributed by atoms with van der Waals surface area (Å²) in [6, 6.07) is -1.24. The molecule has 0 saturated heterocycles. The van der Waals surface area contributed by atoms with Gasteiger partial charge in [0.15, 0.2) is 0 Å². The highest BCUT2D eigenvalue weighted by Crippen LogP contribution is 2.04. The topological polar surface area (TPSA) is 102 Å². The van der Waals surface area contributed by atoms with Crippen molar-refractivity contribution < 1.29 is 20.1 Å². The van der Waals surface area contributed by atoms with Crippen molar-refractivity contribution in [3.63, 3.8) is 0 Å². The standard InChI is InChI=1S/C16H34N2O4/c1-4-5-6-7-8-9-10-17-14(12(2)19)11-18-15(13(3)20)16(21)22/h12-15,17-20H,4-11H2,1-3H3,(H,21,22). The van der Waals surface area contributed by atoms with Crippen molar-refractivity contribution in [3.8, 4) is 0 Å². The lowest BCUT2D eigenvalue weighted by Gasteiger charge is -2.25. The van der Waals surface area contributed by atoms with E-state index in [1.165, 1.54) is 39.0 Å². The molecule has 5 N–H and O–H groups in total. The van der Waals surface area contributed by atoms with Crippen LogP contribution in [0.5, 0.6) is 0 Å². The van der Waals surface area contributed by atoms with Crippen LogP contribution < -0.4 is 10.6 Å². The van der Waals surface area contributed by atoms with Gasteiger partial charge in [-0.3, -0.25) is 4.79 Å². The Morgan fingerprint density at radius 2 is 1.55 bits per heavy atom. The summed E-state index contributed by atoms with van der Waals surface area (Å²) in [7, 11) is 0. The van der Waals surface area contributed by atoms with Crippen LogP contribution >= 0.6 is 0 Å². The van der Waals surface area contributed by atoms with Crippen molar-refractivity contribution in [2.24, 2.45) is 0 Å². The number of carbonyl (C=O) groups is 1. The van der Waals surface area contributed by atoms with Crippen LogP contribution in [0.25, 0.3) is 0 Å². The number of aliphatic carboxylic acids is 1. The number of hydrogen-bond acceptors (Lipinski definition) is 5. The highest BCUT2D eigenvalue weighted by atomic mass is 16.4. The summed E-state index contributed by atoms with van der Waals surface area (Å²) in [6.07, 6.45) is 5.67. The van der Waals surface area contributed by atoms with Crippen LogP contribution in [-0.2, 0) is 4.79 Å². The molecule has 0 bridgehead atoms. The first kappa shape index (κ1) is 21.3. The van der Waals surface area contributed by atoms with Gasteiger partial charge < -0.3 is 26.0 Å². The number of hydrogen-bond donors (Lipinski definition) is 5. The second-order valence-electron chi connectivity index (χ2n) is 6.03. The van der Waals surface area contributed by atoms with Crippen molar-refractivity contribution >= 4 is 5.97 Å². The number of carboxylic acid groups (broad SMARTS) is 1. The van der Waals surface area contributed by atoms with Gasteiger partial charge in [0.05, 0.1) is 12.2 Å². The molecule has 22 heavy (non-hydrogen) atoms. The summed E-state index contributed by atoms with van der Waals surface area (Å²) in [5.41, 5.74) is 0. The summed E-state index contributed by atoms with van der Waals surface area (Å²) >= 11 is 0. The Kier molecular flexibility index (Phi) is 12.4. The third kappa shape index (κ3) is 10.1. The van der Waals surface area contributed by atoms with Crippen LogP contribution in [0.1, 0.15) is 59.3 Å². The molecule has 0 aromatic rings. The maximum Gasteiger partial charge on any atom is 0.323 e. The molecule has 0 aliphatic rings. The number of nitrogens with one attached hydrogen (secondary N) is 2. The van der Waals surface area contributed by atoms with Crippen LogP contribution in [0.15, 0.2) is 0 Å². The molecule has 6 nitrogen and oxygen atoms in total. The fourth-order valence-electron chi connectivity index (χ4n) is 2.32. The molecule has 4 unspecified atom stereocenters. The summed E-state index contributed by atoms with van der Waals surface area (Å²) in [5, 5.41) is 34.2. The average Bonchev–Trinajstić information content (AvgIpc) is 2.43. The average molecular weight is 318 g/mol. The molecule has 0 fully saturated rings. The van der Waals surface area contributed by atoms with E-state index in [2.05, 4.69) is 17.6 Å². The molecular weight excluding hydrogens is 284 g/mol. The number of carboxylic acids is 1. The van der Waals surface area contributed by atoms with Crippen molar-refractivity contribution in [1.29, 1.82) is 0 Å². The molecule has 0 rings (SSSR count). The minimum absolute atomic E-state index is 0.226. The molecule has 6 heteroatoms. The maximum absolute atomic E-state index is 11.0. The molecule has 4 atom stereocenters. The minimum atomic E-state index is -1.09. The Hall–Kier alpha value is -0.690. The second kappa shape index (κ2) is 12.8. The quantitative estimate of drug-likeness (QED) is 0.308. The van der Waals surface area contributed by atoms with Gasteiger partial charge in [0.1, 0.15) is 6.04 Å². The van der Waals surface area contributed by atoms with Crippen molar-refractivity contribution in [2.45, 2.75) is 83.6 Å². The monoisotopic (exact) mass is 318 g/mol. The van der Waals surface area contributed by atoms with Crippen molar-refractivity contribution in [3.05, 3.63) is 0 Å². The first-order chi connectivity index (χ1) is 10.4. The molecule has 0 radical (unpaired) electrons. The first-order valence-electron chi connectivity index (χ1n) is 8.45. The molecule has 0 spiro atoms. The fraction of sp³-hybridized carbons (Fsp3) is 0.938. The molecule has 0 aromatic heterocycles. The minimum Gasteiger partial charge on any atom is -0.480 e. The highest BCUT2D eigenvalue weighted by molar-refractivity contribution is 5.74. The van der Waals surface area contributed by atoms with Crippen molar-refractivity contribution in [1.82, 2.24) is 10.6 Å². The van der Waals surface area contributed by atoms with Gasteiger partial charge in [-0.15, -0.1) is 0 Å². The van der Waals surface area contributed by atoms with Crippen LogP contribution in [0.4, 0.5) is 0 Å².